The molecule has 0 aliphatic heterocycles. The normalized spacial score (nSPS) is 39.8. The zero-order valence-electron chi connectivity index (χ0n) is 17.1. The van der Waals surface area contributed by atoms with E-state index in [0.29, 0.717) is 0 Å². The first-order valence-electron chi connectivity index (χ1n) is 11.8. The molecule has 0 amide bonds. The van der Waals surface area contributed by atoms with E-state index >= 15 is 0 Å². The average molecular weight is 367 g/mol. The molecule has 2 bridgehead atoms. The highest BCUT2D eigenvalue weighted by Crippen LogP contribution is 2.74. The van der Waals surface area contributed by atoms with Gasteiger partial charge in [0.05, 0.1) is 0 Å². The third kappa shape index (κ3) is 1.71. The van der Waals surface area contributed by atoms with E-state index in [1.807, 2.05) is 0 Å². The van der Waals surface area contributed by atoms with Gasteiger partial charge in [0.15, 0.2) is 0 Å². The maximum Gasteiger partial charge on any atom is -0.00523 e. The number of rotatable bonds is 2. The maximum atomic E-state index is 2.59. The summed E-state index contributed by atoms with van der Waals surface area (Å²) in [6.07, 6.45) is 5.83. The molecule has 3 aromatic carbocycles. The fraction of sp³-hybridized carbons (Fsp3) is 0.500. The molecular weight excluding hydrogens is 336 g/mol. The number of hydrogen-bond donors (Lipinski definition) is 0. The molecule has 3 aromatic rings. The van der Waals surface area contributed by atoms with E-state index in [9.17, 15) is 0 Å². The van der Waals surface area contributed by atoms with Crippen LogP contribution >= 0.6 is 0 Å². The van der Waals surface area contributed by atoms with Crippen molar-refractivity contribution in [3.05, 3.63) is 59.7 Å². The SMILES string of the molecule is CCC1CC(CC)C2C3CC(C4c5cccc6c5c(cc5ccccc56)C34)C12. The van der Waals surface area contributed by atoms with E-state index in [4.69, 9.17) is 0 Å². The molecule has 0 radical (unpaired) electrons. The van der Waals surface area contributed by atoms with Gasteiger partial charge >= 0.3 is 0 Å². The van der Waals surface area contributed by atoms with Crippen LogP contribution in [0.2, 0.25) is 0 Å². The minimum atomic E-state index is 0.806. The molecule has 0 heteroatoms. The fourth-order valence-corrected chi connectivity index (χ4v) is 9.03. The number of hydrogen-bond acceptors (Lipinski definition) is 0. The molecule has 142 valence electrons. The quantitative estimate of drug-likeness (QED) is 0.412. The molecular formula is C28H30. The third-order valence-electron chi connectivity index (χ3n) is 9.70. The van der Waals surface area contributed by atoms with Crippen LogP contribution in [0.5, 0.6) is 0 Å². The van der Waals surface area contributed by atoms with Gasteiger partial charge in [-0.25, -0.2) is 0 Å². The summed E-state index contributed by atoms with van der Waals surface area (Å²) in [7, 11) is 0. The Hall–Kier alpha value is -1.82. The molecule has 3 saturated carbocycles. The van der Waals surface area contributed by atoms with Gasteiger partial charge in [-0.05, 0) is 92.9 Å². The lowest BCUT2D eigenvalue weighted by atomic mass is 9.65. The summed E-state index contributed by atoms with van der Waals surface area (Å²) in [5.41, 5.74) is 3.43. The van der Waals surface area contributed by atoms with Crippen LogP contribution in [0.15, 0.2) is 48.5 Å². The van der Waals surface area contributed by atoms with Crippen molar-refractivity contribution in [3.8, 4) is 0 Å². The first kappa shape index (κ1) is 16.0. The van der Waals surface area contributed by atoms with Crippen LogP contribution in [-0.2, 0) is 0 Å². The summed E-state index contributed by atoms with van der Waals surface area (Å²) in [4.78, 5) is 0. The van der Waals surface area contributed by atoms with E-state index in [1.165, 1.54) is 41.8 Å². The van der Waals surface area contributed by atoms with Crippen molar-refractivity contribution >= 4 is 21.5 Å². The van der Waals surface area contributed by atoms with Crippen LogP contribution in [-0.4, -0.2) is 0 Å². The fourth-order valence-electron chi connectivity index (χ4n) is 9.03. The molecule has 3 fully saturated rings. The molecule has 28 heavy (non-hydrogen) atoms. The first-order valence-corrected chi connectivity index (χ1v) is 11.8. The predicted octanol–water partition coefficient (Wildman–Crippen LogP) is 7.51. The zero-order chi connectivity index (χ0) is 18.6. The van der Waals surface area contributed by atoms with Gasteiger partial charge in [-0.3, -0.25) is 0 Å². The van der Waals surface area contributed by atoms with Gasteiger partial charge in [0.25, 0.3) is 0 Å². The van der Waals surface area contributed by atoms with Crippen molar-refractivity contribution in [1.29, 1.82) is 0 Å². The lowest BCUT2D eigenvalue weighted by Gasteiger charge is -2.39. The second kappa shape index (κ2) is 5.41. The largest absolute Gasteiger partial charge is 0.0651 e. The van der Waals surface area contributed by atoms with Crippen molar-refractivity contribution in [3.63, 3.8) is 0 Å². The smallest absolute Gasteiger partial charge is 0.00523 e. The predicted molar refractivity (Wildman–Crippen MR) is 118 cm³/mol. The summed E-state index contributed by atoms with van der Waals surface area (Å²) >= 11 is 0. The van der Waals surface area contributed by atoms with Crippen molar-refractivity contribution in [2.24, 2.45) is 35.5 Å². The maximum absolute atomic E-state index is 2.59. The molecule has 0 spiro atoms. The van der Waals surface area contributed by atoms with E-state index in [-0.39, 0.29) is 0 Å². The van der Waals surface area contributed by atoms with Crippen molar-refractivity contribution in [2.75, 3.05) is 0 Å². The number of benzene rings is 3. The standard InChI is InChI=1S/C28H30/c1-3-15-12-16(4-2)25-23-14-22(24(15)25)27-20-11-7-10-19-18-9-6-5-8-17(18)13-21(26(19)20)28(23)27/h5-11,13,15-16,22-25,27-28H,3-4,12,14H2,1-2H3. The molecule has 0 nitrogen and oxygen atoms in total. The van der Waals surface area contributed by atoms with E-state index in [2.05, 4.69) is 62.4 Å². The van der Waals surface area contributed by atoms with Gasteiger partial charge in [0, 0.05) is 0 Å². The Morgan fingerprint density at radius 3 is 2.14 bits per heavy atom. The summed E-state index contributed by atoms with van der Waals surface area (Å²) < 4.78 is 0. The summed E-state index contributed by atoms with van der Waals surface area (Å²) in [6, 6.07) is 18.9. The lowest BCUT2D eigenvalue weighted by Crippen LogP contribution is -2.32. The Labute approximate surface area is 168 Å². The molecule has 7 rings (SSSR count). The summed E-state index contributed by atoms with van der Waals surface area (Å²) in [5.74, 6) is 7.52. The highest BCUT2D eigenvalue weighted by molar-refractivity contribution is 6.11. The second-order valence-electron chi connectivity index (χ2n) is 10.3. The van der Waals surface area contributed by atoms with E-state index in [0.717, 1.165) is 47.3 Å². The van der Waals surface area contributed by atoms with E-state index in [1.54, 1.807) is 16.5 Å². The van der Waals surface area contributed by atoms with Gasteiger partial charge in [-0.2, -0.15) is 0 Å². The Kier molecular flexibility index (Phi) is 3.10. The van der Waals surface area contributed by atoms with Crippen LogP contribution in [0, 0.1) is 35.5 Å². The van der Waals surface area contributed by atoms with Crippen LogP contribution < -0.4 is 0 Å². The highest BCUT2D eigenvalue weighted by Gasteiger charge is 2.65. The molecule has 4 aliphatic rings. The third-order valence-corrected chi connectivity index (χ3v) is 9.70. The summed E-state index contributed by atoms with van der Waals surface area (Å²) in [6.45, 7) is 4.92. The molecule has 0 saturated heterocycles. The van der Waals surface area contributed by atoms with Gasteiger partial charge in [-0.15, -0.1) is 0 Å². The topological polar surface area (TPSA) is 0 Å². The summed E-state index contributed by atoms with van der Waals surface area (Å²) in [5, 5.41) is 6.07. The van der Waals surface area contributed by atoms with Gasteiger partial charge in [-0.1, -0.05) is 75.2 Å². The van der Waals surface area contributed by atoms with Gasteiger partial charge < -0.3 is 0 Å². The first-order chi connectivity index (χ1) is 13.8. The second-order valence-corrected chi connectivity index (χ2v) is 10.3. The molecule has 8 atom stereocenters. The van der Waals surface area contributed by atoms with Gasteiger partial charge in [0.1, 0.15) is 0 Å². The number of fused-ring (bicyclic) bond motifs is 12. The lowest BCUT2D eigenvalue weighted by molar-refractivity contribution is 0.149. The molecule has 0 heterocycles. The Morgan fingerprint density at radius 1 is 0.714 bits per heavy atom. The van der Waals surface area contributed by atoms with Crippen LogP contribution in [0.1, 0.15) is 62.5 Å². The molecule has 0 aromatic heterocycles. The average Bonchev–Trinajstić information content (AvgIpc) is 3.46. The Balaban J connectivity index is 1.47. The zero-order valence-corrected chi connectivity index (χ0v) is 17.1. The molecule has 4 aliphatic carbocycles. The Bertz CT molecular complexity index is 1110. The van der Waals surface area contributed by atoms with Crippen LogP contribution in [0.4, 0.5) is 0 Å². The monoisotopic (exact) mass is 366 g/mol. The Morgan fingerprint density at radius 2 is 1.39 bits per heavy atom. The molecule has 8 unspecified atom stereocenters. The van der Waals surface area contributed by atoms with E-state index < -0.39 is 0 Å². The van der Waals surface area contributed by atoms with Crippen LogP contribution in [0.3, 0.4) is 0 Å². The van der Waals surface area contributed by atoms with Crippen molar-refractivity contribution in [2.45, 2.75) is 51.4 Å². The molecule has 0 N–H and O–H groups in total. The minimum absolute atomic E-state index is 0.806. The van der Waals surface area contributed by atoms with Gasteiger partial charge in [0.2, 0.25) is 0 Å². The van der Waals surface area contributed by atoms with Crippen molar-refractivity contribution in [1.82, 2.24) is 0 Å². The highest BCUT2D eigenvalue weighted by atomic mass is 14.7. The van der Waals surface area contributed by atoms with Crippen LogP contribution in [0.25, 0.3) is 21.5 Å². The van der Waals surface area contributed by atoms with Crippen molar-refractivity contribution < 1.29 is 0 Å². The minimum Gasteiger partial charge on any atom is -0.0651 e.